The van der Waals surface area contributed by atoms with Crippen LogP contribution in [0.5, 0.6) is 0 Å². The third-order valence-corrected chi connectivity index (χ3v) is 5.63. The summed E-state index contributed by atoms with van der Waals surface area (Å²) in [6.07, 6.45) is 4.63. The first kappa shape index (κ1) is 29.4. The molecule has 0 saturated heterocycles. The van der Waals surface area contributed by atoms with Crippen LogP contribution < -0.4 is 27.4 Å². The summed E-state index contributed by atoms with van der Waals surface area (Å²) in [5, 5.41) is 26.6. The van der Waals surface area contributed by atoms with Gasteiger partial charge in [-0.2, -0.15) is 0 Å². The van der Waals surface area contributed by atoms with E-state index in [4.69, 9.17) is 11.5 Å². The highest BCUT2D eigenvalue weighted by atomic mass is 16.4. The molecular formula is C24H35N7O6. The van der Waals surface area contributed by atoms with Gasteiger partial charge >= 0.3 is 5.97 Å². The Morgan fingerprint density at radius 2 is 1.57 bits per heavy atom. The van der Waals surface area contributed by atoms with Crippen LogP contribution in [0.2, 0.25) is 0 Å². The minimum absolute atomic E-state index is 0.00849. The number of carboxylic acids is 1. The zero-order valence-corrected chi connectivity index (χ0v) is 20.4. The molecule has 0 aliphatic rings. The first-order valence-corrected chi connectivity index (χ1v) is 12.0. The summed E-state index contributed by atoms with van der Waals surface area (Å²) < 4.78 is 0. The minimum atomic E-state index is -1.45. The number of aromatic nitrogens is 2. The summed E-state index contributed by atoms with van der Waals surface area (Å²) in [5.41, 5.74) is 12.6. The molecule has 4 atom stereocenters. The van der Waals surface area contributed by atoms with Gasteiger partial charge in [0.05, 0.1) is 19.0 Å². The quantitative estimate of drug-likeness (QED) is 0.117. The molecule has 0 radical (unpaired) electrons. The second kappa shape index (κ2) is 15.3. The smallest absolute Gasteiger partial charge is 0.326 e. The Labute approximate surface area is 214 Å². The number of hydrogen-bond donors (Lipinski definition) is 8. The van der Waals surface area contributed by atoms with Crippen LogP contribution in [0.1, 0.15) is 30.5 Å². The normalized spacial score (nSPS) is 14.1. The Kier molecular flexibility index (Phi) is 12.2. The van der Waals surface area contributed by atoms with Crippen LogP contribution in [0.15, 0.2) is 42.9 Å². The molecule has 1 aromatic carbocycles. The molecule has 0 aliphatic carbocycles. The molecule has 0 aliphatic heterocycles. The standard InChI is InChI=1S/C24H35N7O6/c25-9-5-4-8-17(26)21(33)29-18(11-16-12-27-14-28-16)22(34)31-20(13-32)23(35)30-19(24(36)37)10-15-6-2-1-3-7-15/h1-3,6-7,12,14,17-20,32H,4-5,8-11,13,25-26H2,(H,27,28)(H,29,33)(H,30,35)(H,31,34)(H,36,37). The number of nitrogens with zero attached hydrogens (tertiary/aromatic N) is 1. The van der Waals surface area contributed by atoms with Gasteiger partial charge in [-0.15, -0.1) is 0 Å². The number of unbranched alkanes of at least 4 members (excludes halogenated alkanes) is 1. The van der Waals surface area contributed by atoms with Gasteiger partial charge in [-0.25, -0.2) is 9.78 Å². The van der Waals surface area contributed by atoms with Gasteiger partial charge in [0, 0.05) is 24.7 Å². The van der Waals surface area contributed by atoms with Gasteiger partial charge in [0.25, 0.3) is 0 Å². The predicted octanol–water partition coefficient (Wildman–Crippen LogP) is -1.82. The van der Waals surface area contributed by atoms with Crippen LogP contribution in [-0.2, 0) is 32.0 Å². The molecular weight excluding hydrogens is 482 g/mol. The predicted molar refractivity (Wildman–Crippen MR) is 134 cm³/mol. The number of benzene rings is 1. The summed E-state index contributed by atoms with van der Waals surface area (Å²) in [7, 11) is 0. The minimum Gasteiger partial charge on any atom is -0.480 e. The van der Waals surface area contributed by atoms with Crippen molar-refractivity contribution in [3.63, 3.8) is 0 Å². The molecule has 2 rings (SSSR count). The van der Waals surface area contributed by atoms with Crippen LogP contribution in [0.4, 0.5) is 0 Å². The molecule has 0 fully saturated rings. The second-order valence-electron chi connectivity index (χ2n) is 8.57. The average molecular weight is 518 g/mol. The van der Waals surface area contributed by atoms with E-state index in [9.17, 15) is 29.4 Å². The van der Waals surface area contributed by atoms with Crippen molar-refractivity contribution < 1.29 is 29.4 Å². The van der Waals surface area contributed by atoms with Crippen LogP contribution in [0.25, 0.3) is 0 Å². The molecule has 0 spiro atoms. The Balaban J connectivity index is 2.07. The van der Waals surface area contributed by atoms with Crippen molar-refractivity contribution in [2.45, 2.75) is 56.3 Å². The molecule has 10 N–H and O–H groups in total. The number of nitrogens with one attached hydrogen (secondary N) is 4. The van der Waals surface area contributed by atoms with E-state index in [0.717, 1.165) is 0 Å². The highest BCUT2D eigenvalue weighted by Gasteiger charge is 2.30. The van der Waals surface area contributed by atoms with Gasteiger partial charge in [0.15, 0.2) is 0 Å². The lowest BCUT2D eigenvalue weighted by atomic mass is 10.1. The van der Waals surface area contributed by atoms with Crippen molar-refractivity contribution in [1.29, 1.82) is 0 Å². The topological polar surface area (TPSA) is 226 Å². The lowest BCUT2D eigenvalue weighted by molar-refractivity contribution is -0.142. The van der Waals surface area contributed by atoms with Crippen molar-refractivity contribution in [3.05, 3.63) is 54.1 Å². The van der Waals surface area contributed by atoms with Crippen molar-refractivity contribution in [1.82, 2.24) is 25.9 Å². The number of amides is 3. The van der Waals surface area contributed by atoms with Gasteiger partial charge in [-0.05, 0) is 24.9 Å². The number of aliphatic hydroxyl groups excluding tert-OH is 1. The Hall–Kier alpha value is -3.81. The van der Waals surface area contributed by atoms with E-state index in [2.05, 4.69) is 25.9 Å². The SMILES string of the molecule is NCCCCC(N)C(=O)NC(Cc1cnc[nH]1)C(=O)NC(CO)C(=O)NC(Cc1ccccc1)C(=O)O. The van der Waals surface area contributed by atoms with Crippen LogP contribution in [0.3, 0.4) is 0 Å². The Morgan fingerprint density at radius 3 is 2.16 bits per heavy atom. The second-order valence-corrected chi connectivity index (χ2v) is 8.57. The number of carbonyl (C=O) groups excluding carboxylic acids is 3. The fraction of sp³-hybridized carbons (Fsp3) is 0.458. The van der Waals surface area contributed by atoms with E-state index in [1.54, 1.807) is 30.3 Å². The molecule has 13 heteroatoms. The summed E-state index contributed by atoms with van der Waals surface area (Å²) in [6.45, 7) is -0.323. The molecule has 0 saturated carbocycles. The van der Waals surface area contributed by atoms with E-state index in [0.29, 0.717) is 37.1 Å². The average Bonchev–Trinajstić information content (AvgIpc) is 3.40. The maximum absolute atomic E-state index is 13.0. The molecule has 0 bridgehead atoms. The summed E-state index contributed by atoms with van der Waals surface area (Å²) in [5.74, 6) is -3.48. The summed E-state index contributed by atoms with van der Waals surface area (Å²) >= 11 is 0. The largest absolute Gasteiger partial charge is 0.480 e. The number of imidazole rings is 1. The molecule has 2 aromatic rings. The Bertz CT molecular complexity index is 1000. The molecule has 37 heavy (non-hydrogen) atoms. The fourth-order valence-corrected chi connectivity index (χ4v) is 3.53. The maximum Gasteiger partial charge on any atom is 0.326 e. The van der Waals surface area contributed by atoms with Crippen LogP contribution in [-0.4, -0.2) is 81.2 Å². The number of H-pyrrole nitrogens is 1. The fourth-order valence-electron chi connectivity index (χ4n) is 3.53. The van der Waals surface area contributed by atoms with E-state index in [1.807, 2.05) is 0 Å². The van der Waals surface area contributed by atoms with E-state index < -0.39 is 54.5 Å². The number of nitrogens with two attached hydrogens (primary N) is 2. The zero-order chi connectivity index (χ0) is 27.2. The first-order valence-electron chi connectivity index (χ1n) is 12.0. The summed E-state index contributed by atoms with van der Waals surface area (Å²) in [4.78, 5) is 56.8. The maximum atomic E-state index is 13.0. The third-order valence-electron chi connectivity index (χ3n) is 5.63. The lowest BCUT2D eigenvalue weighted by Gasteiger charge is -2.24. The number of hydrogen-bond acceptors (Lipinski definition) is 8. The third kappa shape index (κ3) is 9.99. The van der Waals surface area contributed by atoms with Crippen molar-refractivity contribution in [2.75, 3.05) is 13.2 Å². The van der Waals surface area contributed by atoms with Crippen molar-refractivity contribution >= 4 is 23.7 Å². The zero-order valence-electron chi connectivity index (χ0n) is 20.4. The van der Waals surface area contributed by atoms with E-state index >= 15 is 0 Å². The molecule has 13 nitrogen and oxygen atoms in total. The molecule has 202 valence electrons. The number of aliphatic carboxylic acids is 1. The number of aromatic amines is 1. The van der Waals surface area contributed by atoms with Gasteiger partial charge in [0.1, 0.15) is 18.1 Å². The molecule has 1 aromatic heterocycles. The van der Waals surface area contributed by atoms with Gasteiger partial charge in [-0.1, -0.05) is 36.8 Å². The molecule has 4 unspecified atom stereocenters. The molecule has 3 amide bonds. The summed E-state index contributed by atoms with van der Waals surface area (Å²) in [6, 6.07) is 3.95. The van der Waals surface area contributed by atoms with E-state index in [1.165, 1.54) is 12.5 Å². The van der Waals surface area contributed by atoms with Gasteiger partial charge < -0.3 is 42.6 Å². The number of carboxylic acid groups (broad SMARTS) is 1. The van der Waals surface area contributed by atoms with E-state index in [-0.39, 0.29) is 12.8 Å². The molecule has 1 heterocycles. The Morgan fingerprint density at radius 1 is 0.919 bits per heavy atom. The van der Waals surface area contributed by atoms with Gasteiger partial charge in [0.2, 0.25) is 17.7 Å². The lowest BCUT2D eigenvalue weighted by Crippen LogP contribution is -2.58. The first-order chi connectivity index (χ1) is 17.7. The number of carbonyl (C=O) groups is 4. The highest BCUT2D eigenvalue weighted by molar-refractivity contribution is 5.94. The van der Waals surface area contributed by atoms with Crippen molar-refractivity contribution in [2.24, 2.45) is 11.5 Å². The monoisotopic (exact) mass is 517 g/mol. The highest BCUT2D eigenvalue weighted by Crippen LogP contribution is 2.06. The van der Waals surface area contributed by atoms with Crippen LogP contribution >= 0.6 is 0 Å². The van der Waals surface area contributed by atoms with Crippen molar-refractivity contribution in [3.8, 4) is 0 Å². The van der Waals surface area contributed by atoms with Crippen LogP contribution in [0, 0.1) is 0 Å². The number of rotatable bonds is 16. The van der Waals surface area contributed by atoms with Gasteiger partial charge in [-0.3, -0.25) is 14.4 Å². The number of aliphatic hydroxyl groups is 1.